The summed E-state index contributed by atoms with van der Waals surface area (Å²) in [6.07, 6.45) is 0.304. The number of primary amides is 1. The Balaban J connectivity index is 2.29. The van der Waals surface area contributed by atoms with Crippen molar-refractivity contribution >= 4 is 65.1 Å². The number of aliphatic hydroxyl groups is 1. The third-order valence-electron chi connectivity index (χ3n) is 12.1. The van der Waals surface area contributed by atoms with E-state index >= 15 is 0 Å². The molecule has 0 bridgehead atoms. The summed E-state index contributed by atoms with van der Waals surface area (Å²) in [7, 11) is 0. The van der Waals surface area contributed by atoms with E-state index in [2.05, 4.69) is 31.9 Å². The third-order valence-corrected chi connectivity index (χ3v) is 12.1. The fraction of sp³-hybridized carbons (Fsp3) is 0.744. The number of carbonyl (C=O) groups excluding carboxylic acids is 9. The Morgan fingerprint density at radius 2 is 1.13 bits per heavy atom. The van der Waals surface area contributed by atoms with Crippen LogP contribution in [-0.2, 0) is 52.7 Å². The second kappa shape index (κ2) is 27.0. The van der Waals surface area contributed by atoms with Gasteiger partial charge in [0, 0.05) is 19.5 Å². The zero-order valence-corrected chi connectivity index (χ0v) is 39.5. The van der Waals surface area contributed by atoms with Crippen LogP contribution in [0.3, 0.4) is 0 Å². The normalized spacial score (nSPS) is 19.9. The summed E-state index contributed by atoms with van der Waals surface area (Å²) in [5.41, 5.74) is 11.0. The Kier molecular flexibility index (Phi) is 23.1. The Bertz CT molecular complexity index is 1810. The summed E-state index contributed by atoms with van der Waals surface area (Å²) in [4.78, 5) is 146. The summed E-state index contributed by atoms with van der Waals surface area (Å²) < 4.78 is 0. The second-order valence-electron chi connectivity index (χ2n) is 17.9. The maximum absolute atomic E-state index is 14.3. The van der Waals surface area contributed by atoms with Gasteiger partial charge in [0.1, 0.15) is 48.3 Å². The Morgan fingerprint density at radius 1 is 0.627 bits per heavy atom. The van der Waals surface area contributed by atoms with Crippen molar-refractivity contribution in [2.24, 2.45) is 29.2 Å². The van der Waals surface area contributed by atoms with Crippen molar-refractivity contribution < 1.29 is 68.1 Å². The van der Waals surface area contributed by atoms with Crippen molar-refractivity contribution in [2.45, 2.75) is 167 Å². The number of hydrogen-bond donors (Lipinski definition) is 11. The van der Waals surface area contributed by atoms with Crippen LogP contribution in [0.2, 0.25) is 0 Å². The molecule has 9 amide bonds. The van der Waals surface area contributed by atoms with E-state index in [1.54, 1.807) is 41.5 Å². The van der Waals surface area contributed by atoms with Gasteiger partial charge in [-0.05, 0) is 63.2 Å². The molecule has 2 aliphatic rings. The number of aliphatic carboxylic acids is 2. The van der Waals surface area contributed by atoms with Gasteiger partial charge in [0.25, 0.3) is 0 Å². The Morgan fingerprint density at radius 3 is 1.66 bits per heavy atom. The molecule has 0 radical (unpaired) electrons. The highest BCUT2D eigenvalue weighted by molar-refractivity contribution is 5.99. The monoisotopic (exact) mass is 953 g/mol. The van der Waals surface area contributed by atoms with Gasteiger partial charge < -0.3 is 68.5 Å². The predicted octanol–water partition coefficient (Wildman–Crippen LogP) is -2.82. The first-order valence-corrected chi connectivity index (χ1v) is 22.9. The van der Waals surface area contributed by atoms with Crippen LogP contribution < -0.4 is 43.4 Å². The van der Waals surface area contributed by atoms with Crippen molar-refractivity contribution in [2.75, 3.05) is 19.7 Å². The molecule has 0 saturated carbocycles. The van der Waals surface area contributed by atoms with Gasteiger partial charge in [-0.2, -0.15) is 0 Å². The first-order chi connectivity index (χ1) is 31.4. The molecule has 2 rings (SSSR count). The lowest BCUT2D eigenvalue weighted by molar-refractivity contribution is -0.148. The minimum absolute atomic E-state index is 0.0490. The van der Waals surface area contributed by atoms with E-state index < -0.39 is 157 Å². The number of likely N-dealkylation sites (tertiary alicyclic amines) is 2. The number of carbonyl (C=O) groups is 11. The molecule has 13 N–H and O–H groups in total. The third kappa shape index (κ3) is 17.0. The Labute approximate surface area is 390 Å². The van der Waals surface area contributed by atoms with Crippen molar-refractivity contribution in [1.82, 2.24) is 41.7 Å². The lowest BCUT2D eigenvalue weighted by atomic mass is 9.97. The molecule has 0 unspecified atom stereocenters. The van der Waals surface area contributed by atoms with Gasteiger partial charge in [-0.3, -0.25) is 47.9 Å². The molecule has 0 aromatic rings. The molecule has 0 aromatic heterocycles. The molecule has 0 spiro atoms. The maximum atomic E-state index is 14.3. The van der Waals surface area contributed by atoms with Crippen LogP contribution in [0.25, 0.3) is 0 Å². The summed E-state index contributed by atoms with van der Waals surface area (Å²) in [6.45, 7) is 10.9. The highest BCUT2D eigenvalue weighted by Crippen LogP contribution is 2.27. The van der Waals surface area contributed by atoms with Crippen molar-refractivity contribution in [3.63, 3.8) is 0 Å². The second-order valence-corrected chi connectivity index (χ2v) is 17.9. The fourth-order valence-corrected chi connectivity index (χ4v) is 7.81. The SMILES string of the molecule is CC[C@H](C)[C@H](NC(=O)[C@H](CC(N)=O)NC(=O)[C@@H]1CCCN1C(=O)[C@@H]1CCCN1C(=O)[C@H](CC(C)C)NC(=O)[C@H](CO)NC(=O)[C@H](CCC(=O)O)NC(=O)[C@@H](NC(=O)[C@H](C)N)[C@@H](C)CC)C(=O)O. The highest BCUT2D eigenvalue weighted by atomic mass is 16.4. The number of amides is 9. The number of carboxylic acids is 2. The quantitative estimate of drug-likeness (QED) is 0.0396. The van der Waals surface area contributed by atoms with E-state index in [4.69, 9.17) is 11.5 Å². The molecule has 24 nitrogen and oxygen atoms in total. The van der Waals surface area contributed by atoms with Crippen LogP contribution in [-0.4, -0.2) is 164 Å². The Hall–Kier alpha value is -5.91. The average molecular weight is 953 g/mol. The molecule has 11 atom stereocenters. The van der Waals surface area contributed by atoms with Crippen LogP contribution in [0, 0.1) is 17.8 Å². The van der Waals surface area contributed by atoms with Crippen LogP contribution in [0.5, 0.6) is 0 Å². The molecule has 24 heteroatoms. The summed E-state index contributed by atoms with van der Waals surface area (Å²) in [5.74, 6) is -11.2. The topological polar surface area (TPSA) is 379 Å². The molecular formula is C43H72N10O14. The van der Waals surface area contributed by atoms with E-state index in [-0.39, 0.29) is 38.3 Å². The number of carboxylic acid groups (broad SMARTS) is 2. The van der Waals surface area contributed by atoms with E-state index in [1.165, 1.54) is 16.7 Å². The summed E-state index contributed by atoms with van der Waals surface area (Å²) in [5, 5.41) is 44.0. The number of hydrogen-bond acceptors (Lipinski definition) is 13. The van der Waals surface area contributed by atoms with Crippen LogP contribution in [0.15, 0.2) is 0 Å². The predicted molar refractivity (Wildman–Crippen MR) is 238 cm³/mol. The van der Waals surface area contributed by atoms with Crippen molar-refractivity contribution in [1.29, 1.82) is 0 Å². The van der Waals surface area contributed by atoms with Gasteiger partial charge in [-0.1, -0.05) is 54.4 Å². The van der Waals surface area contributed by atoms with Crippen molar-refractivity contribution in [3.05, 3.63) is 0 Å². The molecule has 2 heterocycles. The number of nitrogens with two attached hydrogens (primary N) is 2. The zero-order valence-electron chi connectivity index (χ0n) is 39.5. The lowest BCUT2D eigenvalue weighted by Gasteiger charge is -2.34. The largest absolute Gasteiger partial charge is 0.481 e. The minimum Gasteiger partial charge on any atom is -0.481 e. The van der Waals surface area contributed by atoms with Gasteiger partial charge in [0.15, 0.2) is 0 Å². The molecule has 2 aliphatic heterocycles. The smallest absolute Gasteiger partial charge is 0.326 e. The number of nitrogens with zero attached hydrogens (tertiary/aromatic N) is 2. The average Bonchev–Trinajstić information content (AvgIpc) is 3.97. The molecule has 2 fully saturated rings. The van der Waals surface area contributed by atoms with E-state index in [0.717, 1.165) is 0 Å². The molecule has 0 aliphatic carbocycles. The van der Waals surface area contributed by atoms with Gasteiger partial charge in [-0.25, -0.2) is 4.79 Å². The van der Waals surface area contributed by atoms with E-state index in [1.807, 2.05) is 0 Å². The standard InChI is InChI=1S/C43H72N10O14/c1-8-22(5)33(50-35(58)24(7)44)40(63)46-25(14-15-32(56)57)36(59)49-28(20-54)38(61)48-27(18-21(3)4)41(64)53-17-11-13-30(53)42(65)52-16-10-12-29(52)39(62)47-26(19-31(45)55)37(60)51-34(43(66)67)23(6)9-2/h21-30,33-34,54H,8-20,44H2,1-7H3,(H2,45,55)(H,46,63)(H,47,62)(H,48,61)(H,49,59)(H,50,58)(H,51,60)(H,56,57)(H,66,67)/t22-,23-,24-,25-,26-,27-,28-,29-,30-,33-,34-/m0/s1. The van der Waals surface area contributed by atoms with Crippen molar-refractivity contribution in [3.8, 4) is 0 Å². The fourth-order valence-electron chi connectivity index (χ4n) is 7.81. The van der Waals surface area contributed by atoms with Crippen LogP contribution >= 0.6 is 0 Å². The molecule has 0 aromatic carbocycles. The molecule has 67 heavy (non-hydrogen) atoms. The van der Waals surface area contributed by atoms with Gasteiger partial charge in [0.2, 0.25) is 53.2 Å². The lowest BCUT2D eigenvalue weighted by Crippen LogP contribution is -2.61. The van der Waals surface area contributed by atoms with Crippen LogP contribution in [0.1, 0.15) is 113 Å². The van der Waals surface area contributed by atoms with E-state index in [9.17, 15) is 68.1 Å². The molecule has 2 saturated heterocycles. The molecular weight excluding hydrogens is 881 g/mol. The summed E-state index contributed by atoms with van der Waals surface area (Å²) in [6, 6.07) is -11.7. The first kappa shape index (κ1) is 57.2. The van der Waals surface area contributed by atoms with Crippen LogP contribution in [0.4, 0.5) is 0 Å². The van der Waals surface area contributed by atoms with Gasteiger partial charge in [-0.15, -0.1) is 0 Å². The van der Waals surface area contributed by atoms with E-state index in [0.29, 0.717) is 25.7 Å². The van der Waals surface area contributed by atoms with Gasteiger partial charge in [0.05, 0.1) is 19.1 Å². The first-order valence-electron chi connectivity index (χ1n) is 22.9. The zero-order chi connectivity index (χ0) is 50.9. The van der Waals surface area contributed by atoms with Gasteiger partial charge >= 0.3 is 11.9 Å². The molecule has 378 valence electrons. The number of nitrogens with one attached hydrogen (secondary N) is 6. The highest BCUT2D eigenvalue weighted by Gasteiger charge is 2.45. The number of rotatable bonds is 27. The minimum atomic E-state index is -1.70. The summed E-state index contributed by atoms with van der Waals surface area (Å²) >= 11 is 0. The number of aliphatic hydroxyl groups excluding tert-OH is 1. The maximum Gasteiger partial charge on any atom is 0.326 e.